The van der Waals surface area contributed by atoms with Crippen LogP contribution in [0.25, 0.3) is 0 Å². The van der Waals surface area contributed by atoms with Crippen LogP contribution in [-0.4, -0.2) is 4.87 Å². The standard InChI is InChI=1S/C10H19Cl.C2H6/c1-8-5-9(2,3)7-10(4,11)6-8;1-2/h8H,5-7H2,1-4H3;1-2H3. The van der Waals surface area contributed by atoms with E-state index in [0.29, 0.717) is 5.41 Å². The largest absolute Gasteiger partial charge is 0.120 e. The van der Waals surface area contributed by atoms with Gasteiger partial charge in [0, 0.05) is 4.87 Å². The SMILES string of the molecule is CC.CC1CC(C)(C)CC(C)(Cl)C1. The molecular formula is C12H25Cl. The Hall–Kier alpha value is 0.290. The summed E-state index contributed by atoms with van der Waals surface area (Å²) < 4.78 is 0. The Morgan fingerprint density at radius 3 is 1.85 bits per heavy atom. The molecule has 1 heteroatoms. The molecule has 0 nitrogen and oxygen atoms in total. The Kier molecular flexibility index (Phi) is 4.79. The van der Waals surface area contributed by atoms with Gasteiger partial charge in [-0.1, -0.05) is 34.6 Å². The van der Waals surface area contributed by atoms with Crippen molar-refractivity contribution in [2.75, 3.05) is 0 Å². The summed E-state index contributed by atoms with van der Waals surface area (Å²) in [7, 11) is 0. The first kappa shape index (κ1) is 13.3. The number of hydrogen-bond acceptors (Lipinski definition) is 0. The molecule has 1 saturated carbocycles. The quantitative estimate of drug-likeness (QED) is 0.495. The molecule has 0 aromatic carbocycles. The molecule has 1 fully saturated rings. The van der Waals surface area contributed by atoms with Crippen LogP contribution in [-0.2, 0) is 0 Å². The van der Waals surface area contributed by atoms with Crippen LogP contribution in [0.5, 0.6) is 0 Å². The highest BCUT2D eigenvalue weighted by atomic mass is 35.5. The maximum absolute atomic E-state index is 6.35. The minimum Gasteiger partial charge on any atom is -0.120 e. The predicted octanol–water partition coefficient (Wildman–Crippen LogP) is 4.86. The second kappa shape index (κ2) is 4.68. The molecule has 0 aromatic heterocycles. The first-order valence-electron chi connectivity index (χ1n) is 5.50. The molecule has 0 spiro atoms. The zero-order chi connectivity index (χ0) is 10.7. The van der Waals surface area contributed by atoms with Crippen LogP contribution in [0.2, 0.25) is 0 Å². The normalized spacial score (nSPS) is 37.6. The van der Waals surface area contributed by atoms with Crippen LogP contribution in [0, 0.1) is 11.3 Å². The van der Waals surface area contributed by atoms with Crippen molar-refractivity contribution in [3.63, 3.8) is 0 Å². The maximum atomic E-state index is 6.35. The molecular weight excluding hydrogens is 180 g/mol. The first-order chi connectivity index (χ1) is 5.81. The highest BCUT2D eigenvalue weighted by molar-refractivity contribution is 6.23. The van der Waals surface area contributed by atoms with E-state index in [4.69, 9.17) is 11.6 Å². The number of hydrogen-bond donors (Lipinski definition) is 0. The second-order valence-electron chi connectivity index (χ2n) is 5.27. The molecule has 1 aliphatic carbocycles. The number of halogens is 1. The number of rotatable bonds is 0. The van der Waals surface area contributed by atoms with Crippen molar-refractivity contribution in [3.05, 3.63) is 0 Å². The third kappa shape index (κ3) is 4.90. The van der Waals surface area contributed by atoms with Crippen molar-refractivity contribution in [1.82, 2.24) is 0 Å². The van der Waals surface area contributed by atoms with E-state index in [-0.39, 0.29) is 4.87 Å². The summed E-state index contributed by atoms with van der Waals surface area (Å²) in [5.41, 5.74) is 0.453. The molecule has 1 rings (SSSR count). The zero-order valence-corrected chi connectivity index (χ0v) is 10.8. The average Bonchev–Trinajstić information content (AvgIpc) is 1.82. The molecule has 80 valence electrons. The van der Waals surface area contributed by atoms with Gasteiger partial charge in [-0.25, -0.2) is 0 Å². The lowest BCUT2D eigenvalue weighted by Crippen LogP contribution is -2.35. The molecule has 0 aliphatic heterocycles. The van der Waals surface area contributed by atoms with E-state index in [0.717, 1.165) is 12.3 Å². The highest BCUT2D eigenvalue weighted by Crippen LogP contribution is 2.46. The molecule has 0 aromatic rings. The van der Waals surface area contributed by atoms with Crippen LogP contribution in [0.1, 0.15) is 60.8 Å². The molecule has 1 aliphatic rings. The summed E-state index contributed by atoms with van der Waals surface area (Å²) in [5.74, 6) is 0.793. The monoisotopic (exact) mass is 204 g/mol. The van der Waals surface area contributed by atoms with Gasteiger partial charge in [0.15, 0.2) is 0 Å². The second-order valence-corrected chi connectivity index (χ2v) is 6.18. The minimum absolute atomic E-state index is 0.0567. The third-order valence-electron chi connectivity index (χ3n) is 2.52. The molecule has 0 radical (unpaired) electrons. The molecule has 0 N–H and O–H groups in total. The Morgan fingerprint density at radius 2 is 1.54 bits per heavy atom. The Morgan fingerprint density at radius 1 is 1.08 bits per heavy atom. The van der Waals surface area contributed by atoms with Gasteiger partial charge in [0.1, 0.15) is 0 Å². The predicted molar refractivity (Wildman–Crippen MR) is 62.4 cm³/mol. The molecule has 0 bridgehead atoms. The lowest BCUT2D eigenvalue weighted by molar-refractivity contribution is 0.157. The lowest BCUT2D eigenvalue weighted by Gasteiger charge is -2.42. The van der Waals surface area contributed by atoms with Crippen molar-refractivity contribution in [2.24, 2.45) is 11.3 Å². The molecule has 2 unspecified atom stereocenters. The summed E-state index contributed by atoms with van der Waals surface area (Å²) in [6.45, 7) is 13.1. The van der Waals surface area contributed by atoms with Gasteiger partial charge in [0.05, 0.1) is 0 Å². The van der Waals surface area contributed by atoms with E-state index in [1.54, 1.807) is 0 Å². The number of alkyl halides is 1. The Balaban J connectivity index is 0.000000671. The molecule has 0 amide bonds. The maximum Gasteiger partial charge on any atom is 0.0426 e. The van der Waals surface area contributed by atoms with Crippen LogP contribution >= 0.6 is 11.6 Å². The summed E-state index contributed by atoms with van der Waals surface area (Å²) in [4.78, 5) is 0.0567. The third-order valence-corrected chi connectivity index (χ3v) is 2.81. The van der Waals surface area contributed by atoms with Crippen LogP contribution in [0.4, 0.5) is 0 Å². The van der Waals surface area contributed by atoms with Gasteiger partial charge < -0.3 is 0 Å². The summed E-state index contributed by atoms with van der Waals surface area (Å²) in [5, 5.41) is 0. The molecule has 0 heterocycles. The first-order valence-corrected chi connectivity index (χ1v) is 5.88. The summed E-state index contributed by atoms with van der Waals surface area (Å²) in [6, 6.07) is 0. The van der Waals surface area contributed by atoms with Crippen molar-refractivity contribution in [3.8, 4) is 0 Å². The minimum atomic E-state index is 0.0567. The van der Waals surface area contributed by atoms with E-state index in [2.05, 4.69) is 27.7 Å². The van der Waals surface area contributed by atoms with E-state index in [9.17, 15) is 0 Å². The smallest absolute Gasteiger partial charge is 0.0426 e. The molecule has 2 atom stereocenters. The highest BCUT2D eigenvalue weighted by Gasteiger charge is 2.38. The van der Waals surface area contributed by atoms with Gasteiger partial charge in [-0.15, -0.1) is 11.6 Å². The summed E-state index contributed by atoms with van der Waals surface area (Å²) in [6.07, 6.45) is 3.67. The van der Waals surface area contributed by atoms with Gasteiger partial charge in [-0.2, -0.15) is 0 Å². The van der Waals surface area contributed by atoms with E-state index < -0.39 is 0 Å². The summed E-state index contributed by atoms with van der Waals surface area (Å²) >= 11 is 6.35. The van der Waals surface area contributed by atoms with E-state index >= 15 is 0 Å². The van der Waals surface area contributed by atoms with Crippen molar-refractivity contribution in [2.45, 2.75) is 65.7 Å². The van der Waals surface area contributed by atoms with Crippen LogP contribution in [0.15, 0.2) is 0 Å². The van der Waals surface area contributed by atoms with Gasteiger partial charge in [-0.05, 0) is 37.5 Å². The van der Waals surface area contributed by atoms with Crippen LogP contribution < -0.4 is 0 Å². The van der Waals surface area contributed by atoms with Crippen molar-refractivity contribution in [1.29, 1.82) is 0 Å². The van der Waals surface area contributed by atoms with E-state index in [1.807, 2.05) is 13.8 Å². The van der Waals surface area contributed by atoms with Gasteiger partial charge in [0.25, 0.3) is 0 Å². The van der Waals surface area contributed by atoms with Crippen molar-refractivity contribution >= 4 is 11.6 Å². The van der Waals surface area contributed by atoms with Crippen LogP contribution in [0.3, 0.4) is 0 Å². The average molecular weight is 205 g/mol. The topological polar surface area (TPSA) is 0 Å². The zero-order valence-electron chi connectivity index (χ0n) is 10.1. The molecule has 13 heavy (non-hydrogen) atoms. The fourth-order valence-electron chi connectivity index (χ4n) is 2.88. The van der Waals surface area contributed by atoms with Crippen molar-refractivity contribution < 1.29 is 0 Å². The van der Waals surface area contributed by atoms with E-state index in [1.165, 1.54) is 12.8 Å². The van der Waals surface area contributed by atoms with Gasteiger partial charge in [0.2, 0.25) is 0 Å². The fraction of sp³-hybridized carbons (Fsp3) is 1.00. The fourth-order valence-corrected chi connectivity index (χ4v) is 3.51. The van der Waals surface area contributed by atoms with Gasteiger partial charge in [-0.3, -0.25) is 0 Å². The Bertz CT molecular complexity index is 131. The Labute approximate surface area is 89.1 Å². The lowest BCUT2D eigenvalue weighted by atomic mass is 9.68. The van der Waals surface area contributed by atoms with Gasteiger partial charge >= 0.3 is 0 Å². The molecule has 0 saturated heterocycles.